The van der Waals surface area contributed by atoms with Gasteiger partial charge in [-0.15, -0.1) is 0 Å². The minimum Gasteiger partial charge on any atom is -0.481 e. The van der Waals surface area contributed by atoms with E-state index in [2.05, 4.69) is 0 Å². The van der Waals surface area contributed by atoms with Gasteiger partial charge in [0.1, 0.15) is 12.4 Å². The van der Waals surface area contributed by atoms with Crippen molar-refractivity contribution in [2.24, 2.45) is 5.92 Å². The fourth-order valence-electron chi connectivity index (χ4n) is 4.70. The zero-order valence-corrected chi connectivity index (χ0v) is 18.2. The number of alkyl halides is 3. The number of carboxylic acids is 1. The van der Waals surface area contributed by atoms with Crippen LogP contribution in [0.15, 0.2) is 42.5 Å². The first kappa shape index (κ1) is 24.2. The molecule has 2 fully saturated rings. The van der Waals surface area contributed by atoms with Gasteiger partial charge < -0.3 is 14.9 Å². The Balaban J connectivity index is 1.67. The fourth-order valence-corrected chi connectivity index (χ4v) is 4.70. The van der Waals surface area contributed by atoms with Gasteiger partial charge in [-0.3, -0.25) is 14.4 Å². The van der Waals surface area contributed by atoms with Crippen LogP contribution in [0.5, 0.6) is 0 Å². The lowest BCUT2D eigenvalue weighted by Gasteiger charge is -2.51. The van der Waals surface area contributed by atoms with Crippen LogP contribution in [0.25, 0.3) is 0 Å². The van der Waals surface area contributed by atoms with Crippen LogP contribution in [-0.2, 0) is 27.1 Å². The van der Waals surface area contributed by atoms with Crippen molar-refractivity contribution in [2.75, 3.05) is 11.4 Å². The molecule has 4 rings (SSSR count). The van der Waals surface area contributed by atoms with Crippen molar-refractivity contribution in [3.05, 3.63) is 65.0 Å². The maximum Gasteiger partial charge on any atom is 0.416 e. The number of nitrogens with zero attached hydrogens (tertiary/aromatic N) is 3. The van der Waals surface area contributed by atoms with E-state index in [1.807, 2.05) is 0 Å². The number of amides is 2. The van der Waals surface area contributed by atoms with Gasteiger partial charge in [-0.2, -0.15) is 18.4 Å². The third kappa shape index (κ3) is 4.56. The molecule has 11 heteroatoms. The van der Waals surface area contributed by atoms with E-state index >= 15 is 0 Å². The number of halogens is 4. The van der Waals surface area contributed by atoms with Gasteiger partial charge in [0.05, 0.1) is 40.8 Å². The van der Waals surface area contributed by atoms with Crippen molar-refractivity contribution >= 4 is 23.5 Å². The molecule has 35 heavy (non-hydrogen) atoms. The summed E-state index contributed by atoms with van der Waals surface area (Å²) in [4.78, 5) is 40.2. The van der Waals surface area contributed by atoms with Crippen molar-refractivity contribution in [3.63, 3.8) is 0 Å². The molecule has 1 saturated carbocycles. The number of carbonyl (C=O) groups excluding carboxylic acids is 2. The standard InChI is InChI=1S/C24H19F4N3O4/c25-18-7-15(11-29)3-6-19(18)30-13-21(33)31(12-14-1-4-17(5-2-14)24(26,27)28)23(10-20(30)32)8-16(9-23)22(34)35/h1-7,16H,8-10,12-13H2,(H,34,35). The smallest absolute Gasteiger partial charge is 0.416 e. The second kappa shape index (κ2) is 8.69. The Hall–Kier alpha value is -3.94. The molecule has 1 heterocycles. The highest BCUT2D eigenvalue weighted by atomic mass is 19.4. The van der Waals surface area contributed by atoms with E-state index in [0.717, 1.165) is 23.1 Å². The molecule has 1 spiro atoms. The van der Waals surface area contributed by atoms with E-state index in [0.29, 0.717) is 5.56 Å². The number of carbonyl (C=O) groups is 3. The number of hydrogen-bond donors (Lipinski definition) is 1. The van der Waals surface area contributed by atoms with Crippen molar-refractivity contribution in [3.8, 4) is 6.07 Å². The lowest BCUT2D eigenvalue weighted by atomic mass is 9.65. The van der Waals surface area contributed by atoms with E-state index in [1.165, 1.54) is 29.2 Å². The topological polar surface area (TPSA) is 102 Å². The summed E-state index contributed by atoms with van der Waals surface area (Å²) in [5, 5.41) is 18.3. The Morgan fingerprint density at radius 1 is 1.11 bits per heavy atom. The Labute approximate surface area is 197 Å². The number of benzene rings is 2. The molecule has 0 unspecified atom stereocenters. The van der Waals surface area contributed by atoms with Crippen molar-refractivity contribution in [1.82, 2.24) is 4.90 Å². The van der Waals surface area contributed by atoms with Gasteiger partial charge in [0.25, 0.3) is 0 Å². The molecule has 2 aromatic carbocycles. The van der Waals surface area contributed by atoms with Crippen LogP contribution in [0.1, 0.15) is 36.0 Å². The first-order valence-corrected chi connectivity index (χ1v) is 10.6. The zero-order valence-electron chi connectivity index (χ0n) is 18.2. The summed E-state index contributed by atoms with van der Waals surface area (Å²) in [6.45, 7) is -0.679. The van der Waals surface area contributed by atoms with Crippen molar-refractivity contribution in [1.29, 1.82) is 5.26 Å². The maximum absolute atomic E-state index is 14.6. The van der Waals surface area contributed by atoms with Gasteiger partial charge in [0.2, 0.25) is 11.8 Å². The molecule has 0 radical (unpaired) electrons. The number of aliphatic carboxylic acids is 1. The predicted octanol–water partition coefficient (Wildman–Crippen LogP) is 3.72. The average Bonchev–Trinajstić information content (AvgIpc) is 2.87. The molecule has 2 aliphatic rings. The summed E-state index contributed by atoms with van der Waals surface area (Å²) in [7, 11) is 0. The molecule has 0 aromatic heterocycles. The van der Waals surface area contributed by atoms with Gasteiger partial charge >= 0.3 is 12.1 Å². The van der Waals surface area contributed by atoms with Gasteiger partial charge in [0, 0.05) is 6.54 Å². The zero-order chi connectivity index (χ0) is 25.5. The number of anilines is 1. The molecule has 182 valence electrons. The largest absolute Gasteiger partial charge is 0.481 e. The summed E-state index contributed by atoms with van der Waals surface area (Å²) < 4.78 is 53.4. The summed E-state index contributed by atoms with van der Waals surface area (Å²) >= 11 is 0. The predicted molar refractivity (Wildman–Crippen MR) is 113 cm³/mol. The Bertz CT molecular complexity index is 1230. The first-order valence-electron chi connectivity index (χ1n) is 10.6. The molecule has 1 N–H and O–H groups in total. The third-order valence-corrected chi connectivity index (χ3v) is 6.54. The Morgan fingerprint density at radius 3 is 2.31 bits per heavy atom. The molecule has 0 bridgehead atoms. The van der Waals surface area contributed by atoms with Crippen LogP contribution in [0.2, 0.25) is 0 Å². The molecular formula is C24H19F4N3O4. The highest BCUT2D eigenvalue weighted by molar-refractivity contribution is 6.02. The molecule has 0 atom stereocenters. The molecule has 1 saturated heterocycles. The van der Waals surface area contributed by atoms with E-state index in [9.17, 15) is 37.1 Å². The van der Waals surface area contributed by atoms with Crippen LogP contribution in [0.3, 0.4) is 0 Å². The highest BCUT2D eigenvalue weighted by Crippen LogP contribution is 2.48. The monoisotopic (exact) mass is 489 g/mol. The number of rotatable bonds is 4. The number of hydrogen-bond acceptors (Lipinski definition) is 4. The number of carboxylic acid groups (broad SMARTS) is 1. The minimum absolute atomic E-state index is 0.00978. The summed E-state index contributed by atoms with van der Waals surface area (Å²) in [5.74, 6) is -3.93. The maximum atomic E-state index is 14.6. The summed E-state index contributed by atoms with van der Waals surface area (Å²) in [6.07, 6.45) is -4.82. The van der Waals surface area contributed by atoms with Crippen LogP contribution in [0, 0.1) is 23.1 Å². The summed E-state index contributed by atoms with van der Waals surface area (Å²) in [5.41, 5.74) is -1.80. The van der Waals surface area contributed by atoms with E-state index in [4.69, 9.17) is 5.26 Å². The Kier molecular flexibility index (Phi) is 6.00. The molecule has 2 aromatic rings. The minimum atomic E-state index is -4.53. The van der Waals surface area contributed by atoms with Crippen molar-refractivity contribution in [2.45, 2.75) is 37.5 Å². The summed E-state index contributed by atoms with van der Waals surface area (Å²) in [6, 6.07) is 9.46. The van der Waals surface area contributed by atoms with Gasteiger partial charge in [-0.05, 0) is 48.7 Å². The lowest BCUT2D eigenvalue weighted by Crippen LogP contribution is -2.60. The van der Waals surface area contributed by atoms with Gasteiger partial charge in [0.15, 0.2) is 0 Å². The fraction of sp³-hybridized carbons (Fsp3) is 0.333. The molecule has 1 aliphatic heterocycles. The molecular weight excluding hydrogens is 470 g/mol. The molecule has 2 amide bonds. The molecule has 1 aliphatic carbocycles. The van der Waals surface area contributed by atoms with Gasteiger partial charge in [-0.1, -0.05) is 12.1 Å². The van der Waals surface area contributed by atoms with Crippen LogP contribution in [0.4, 0.5) is 23.2 Å². The van der Waals surface area contributed by atoms with Gasteiger partial charge in [-0.25, -0.2) is 4.39 Å². The highest BCUT2D eigenvalue weighted by Gasteiger charge is 2.56. The SMILES string of the molecule is N#Cc1ccc(N2CC(=O)N(Cc3ccc(C(F)(F)F)cc3)C3(CC2=O)CC(C(=O)O)C3)c(F)c1. The van der Waals surface area contributed by atoms with Crippen molar-refractivity contribution < 1.29 is 37.1 Å². The van der Waals surface area contributed by atoms with E-state index in [-0.39, 0.29) is 37.1 Å². The van der Waals surface area contributed by atoms with Crippen LogP contribution >= 0.6 is 0 Å². The first-order chi connectivity index (χ1) is 16.4. The Morgan fingerprint density at radius 2 is 1.77 bits per heavy atom. The lowest BCUT2D eigenvalue weighted by molar-refractivity contribution is -0.160. The van der Waals surface area contributed by atoms with E-state index < -0.39 is 53.3 Å². The van der Waals surface area contributed by atoms with E-state index in [1.54, 1.807) is 6.07 Å². The quantitative estimate of drug-likeness (QED) is 0.660. The number of nitriles is 1. The second-order valence-corrected chi connectivity index (χ2v) is 8.78. The van der Waals surface area contributed by atoms with Crippen LogP contribution < -0.4 is 4.90 Å². The molecule has 7 nitrogen and oxygen atoms in total. The normalized spacial score (nSPS) is 22.5. The van der Waals surface area contributed by atoms with Crippen LogP contribution in [-0.4, -0.2) is 39.9 Å². The average molecular weight is 489 g/mol. The second-order valence-electron chi connectivity index (χ2n) is 8.78. The third-order valence-electron chi connectivity index (χ3n) is 6.54.